The van der Waals surface area contributed by atoms with Gasteiger partial charge in [-0.25, -0.2) is 9.40 Å². The number of hydrazone groups is 1. The predicted molar refractivity (Wildman–Crippen MR) is 90.5 cm³/mol. The average molecular weight is 341 g/mol. The van der Waals surface area contributed by atoms with Crippen LogP contribution >= 0.6 is 0 Å². The molecule has 0 unspecified atom stereocenters. The topological polar surface area (TPSA) is 75.8 Å². The lowest BCUT2D eigenvalue weighted by Crippen LogP contribution is -2.26. The van der Waals surface area contributed by atoms with Crippen LogP contribution < -0.4 is 0 Å². The van der Waals surface area contributed by atoms with Crippen molar-refractivity contribution in [1.29, 1.82) is 0 Å². The maximum Gasteiger partial charge on any atom is 0.270 e. The minimum Gasteiger partial charge on any atom is -0.273 e. The highest BCUT2D eigenvalue weighted by Crippen LogP contribution is 2.33. The second kappa shape index (κ2) is 6.80. The van der Waals surface area contributed by atoms with Gasteiger partial charge < -0.3 is 0 Å². The van der Waals surface area contributed by atoms with Crippen molar-refractivity contribution < 1.29 is 14.1 Å². The number of non-ortho nitro benzene ring substituents is 1. The number of hydrogen-bond acceptors (Lipinski definition) is 4. The summed E-state index contributed by atoms with van der Waals surface area (Å²) in [5, 5.41) is 16.8. The number of nitrogens with zero attached hydrogens (tertiary/aromatic N) is 3. The SMILES string of the molecule is CCC(=O)N1N=C(c2cccc([N+](=O)[O-])c2)C[C@H]1c1ccc(F)cc1. The van der Waals surface area contributed by atoms with E-state index in [9.17, 15) is 19.3 Å². The van der Waals surface area contributed by atoms with E-state index in [2.05, 4.69) is 5.10 Å². The fourth-order valence-electron chi connectivity index (χ4n) is 2.82. The monoisotopic (exact) mass is 341 g/mol. The van der Waals surface area contributed by atoms with E-state index < -0.39 is 4.92 Å². The van der Waals surface area contributed by atoms with Crippen LogP contribution in [0.2, 0.25) is 0 Å². The van der Waals surface area contributed by atoms with Crippen molar-refractivity contribution in [2.45, 2.75) is 25.8 Å². The Balaban J connectivity index is 1.96. The standard InChI is InChI=1S/C18H16FN3O3/c1-2-18(23)21-17(12-6-8-14(19)9-7-12)11-16(20-21)13-4-3-5-15(10-13)22(24)25/h3-10,17H,2,11H2,1H3/t17-/m0/s1. The van der Waals surface area contributed by atoms with Crippen molar-refractivity contribution in [1.82, 2.24) is 5.01 Å². The third kappa shape index (κ3) is 3.40. The third-order valence-corrected chi connectivity index (χ3v) is 4.11. The molecule has 0 aromatic heterocycles. The number of nitro benzene ring substituents is 1. The van der Waals surface area contributed by atoms with E-state index in [1.54, 1.807) is 31.2 Å². The molecule has 6 nitrogen and oxygen atoms in total. The summed E-state index contributed by atoms with van der Waals surface area (Å²) in [5.41, 5.74) is 1.94. The van der Waals surface area contributed by atoms with Gasteiger partial charge in [0.05, 0.1) is 16.7 Å². The van der Waals surface area contributed by atoms with Crippen LogP contribution in [-0.4, -0.2) is 21.6 Å². The van der Waals surface area contributed by atoms with Crippen LogP contribution in [0.25, 0.3) is 0 Å². The molecule has 2 aromatic carbocycles. The summed E-state index contributed by atoms with van der Waals surface area (Å²) < 4.78 is 13.2. The van der Waals surface area contributed by atoms with Gasteiger partial charge in [0.2, 0.25) is 5.91 Å². The number of benzene rings is 2. The van der Waals surface area contributed by atoms with Crippen molar-refractivity contribution in [3.63, 3.8) is 0 Å². The quantitative estimate of drug-likeness (QED) is 0.626. The molecule has 1 heterocycles. The third-order valence-electron chi connectivity index (χ3n) is 4.11. The van der Waals surface area contributed by atoms with Crippen LogP contribution in [-0.2, 0) is 4.79 Å². The minimum absolute atomic E-state index is 0.0289. The molecule has 0 radical (unpaired) electrons. The lowest BCUT2D eigenvalue weighted by Gasteiger charge is -2.21. The lowest BCUT2D eigenvalue weighted by atomic mass is 9.98. The van der Waals surface area contributed by atoms with Gasteiger partial charge in [-0.1, -0.05) is 31.2 Å². The maximum atomic E-state index is 13.2. The number of carbonyl (C=O) groups excluding carboxylic acids is 1. The van der Waals surface area contributed by atoms with Crippen LogP contribution in [0.4, 0.5) is 10.1 Å². The molecule has 128 valence electrons. The number of rotatable bonds is 4. The molecule has 25 heavy (non-hydrogen) atoms. The molecular weight excluding hydrogens is 325 g/mol. The van der Waals surface area contributed by atoms with Crippen molar-refractivity contribution in [2.24, 2.45) is 5.10 Å². The molecule has 2 aromatic rings. The Kier molecular flexibility index (Phi) is 4.56. The summed E-state index contributed by atoms with van der Waals surface area (Å²) in [6.07, 6.45) is 0.696. The average Bonchev–Trinajstić information content (AvgIpc) is 3.07. The number of nitro groups is 1. The van der Waals surface area contributed by atoms with Crippen molar-refractivity contribution >= 4 is 17.3 Å². The smallest absolute Gasteiger partial charge is 0.270 e. The summed E-state index contributed by atoms with van der Waals surface area (Å²) in [5.74, 6) is -0.510. The fraction of sp³-hybridized carbons (Fsp3) is 0.222. The second-order valence-corrected chi connectivity index (χ2v) is 5.72. The number of halogens is 1. The second-order valence-electron chi connectivity index (χ2n) is 5.72. The van der Waals surface area contributed by atoms with Gasteiger partial charge in [-0.3, -0.25) is 14.9 Å². The van der Waals surface area contributed by atoms with Gasteiger partial charge in [-0.2, -0.15) is 5.10 Å². The zero-order valence-corrected chi connectivity index (χ0v) is 13.6. The Bertz CT molecular complexity index is 849. The van der Waals surface area contributed by atoms with E-state index in [0.717, 1.165) is 5.56 Å². The molecule has 1 aliphatic rings. The molecule has 1 amide bonds. The highest BCUT2D eigenvalue weighted by molar-refractivity contribution is 6.03. The summed E-state index contributed by atoms with van der Waals surface area (Å²) in [7, 11) is 0. The van der Waals surface area contributed by atoms with Gasteiger partial charge in [-0.15, -0.1) is 0 Å². The number of carbonyl (C=O) groups is 1. The predicted octanol–water partition coefficient (Wildman–Crippen LogP) is 3.82. The Morgan fingerprint density at radius 1 is 1.32 bits per heavy atom. The van der Waals surface area contributed by atoms with Crippen molar-refractivity contribution in [2.75, 3.05) is 0 Å². The van der Waals surface area contributed by atoms with Crippen molar-refractivity contribution in [3.8, 4) is 0 Å². The molecule has 0 spiro atoms. The minimum atomic E-state index is -0.467. The van der Waals surface area contributed by atoms with E-state index in [1.807, 2.05) is 0 Å². The van der Waals surface area contributed by atoms with Gasteiger partial charge in [0, 0.05) is 30.5 Å². The molecule has 1 aliphatic heterocycles. The lowest BCUT2D eigenvalue weighted by molar-refractivity contribution is -0.384. The number of amides is 1. The molecule has 3 rings (SSSR count). The first kappa shape index (κ1) is 16.8. The van der Waals surface area contributed by atoms with Crippen LogP contribution in [0.5, 0.6) is 0 Å². The Morgan fingerprint density at radius 2 is 2.04 bits per heavy atom. The normalized spacial score (nSPS) is 16.6. The molecule has 1 atom stereocenters. The molecule has 0 saturated carbocycles. The Morgan fingerprint density at radius 3 is 2.68 bits per heavy atom. The molecule has 0 aliphatic carbocycles. The molecule has 0 N–H and O–H groups in total. The zero-order valence-electron chi connectivity index (χ0n) is 13.6. The first-order chi connectivity index (χ1) is 12.0. The van der Waals surface area contributed by atoms with Crippen LogP contribution in [0, 0.1) is 15.9 Å². The van der Waals surface area contributed by atoms with E-state index in [0.29, 0.717) is 17.7 Å². The van der Waals surface area contributed by atoms with Crippen LogP contribution in [0.15, 0.2) is 53.6 Å². The Labute approximate surface area is 143 Å². The largest absolute Gasteiger partial charge is 0.273 e. The van der Waals surface area contributed by atoms with Crippen LogP contribution in [0.1, 0.15) is 36.9 Å². The van der Waals surface area contributed by atoms with Gasteiger partial charge >= 0.3 is 0 Å². The highest BCUT2D eigenvalue weighted by Gasteiger charge is 2.32. The summed E-state index contributed by atoms with van der Waals surface area (Å²) in [6.45, 7) is 1.74. The summed E-state index contributed by atoms with van der Waals surface area (Å²) in [6, 6.07) is 11.8. The first-order valence-corrected chi connectivity index (χ1v) is 7.89. The number of hydrogen-bond donors (Lipinski definition) is 0. The van der Waals surface area contributed by atoms with E-state index in [1.165, 1.54) is 29.3 Å². The first-order valence-electron chi connectivity index (χ1n) is 7.89. The Hall–Kier alpha value is -3.09. The van der Waals surface area contributed by atoms with Crippen LogP contribution in [0.3, 0.4) is 0 Å². The van der Waals surface area contributed by atoms with Gasteiger partial charge in [-0.05, 0) is 17.7 Å². The molecule has 0 bridgehead atoms. The molecular formula is C18H16FN3O3. The molecule has 0 saturated heterocycles. The van der Waals surface area contributed by atoms with Gasteiger partial charge in [0.1, 0.15) is 5.82 Å². The molecule has 0 fully saturated rings. The zero-order chi connectivity index (χ0) is 18.0. The van der Waals surface area contributed by atoms with Gasteiger partial charge in [0.25, 0.3) is 5.69 Å². The summed E-state index contributed by atoms with van der Waals surface area (Å²) >= 11 is 0. The fourth-order valence-corrected chi connectivity index (χ4v) is 2.82. The van der Waals surface area contributed by atoms with Crippen molar-refractivity contribution in [3.05, 3.63) is 75.6 Å². The molecule has 7 heteroatoms. The maximum absolute atomic E-state index is 13.2. The van der Waals surface area contributed by atoms with Gasteiger partial charge in [0.15, 0.2) is 0 Å². The van der Waals surface area contributed by atoms with E-state index >= 15 is 0 Å². The summed E-state index contributed by atoms with van der Waals surface area (Å²) in [4.78, 5) is 22.8. The van der Waals surface area contributed by atoms with E-state index in [4.69, 9.17) is 0 Å². The van der Waals surface area contributed by atoms with E-state index in [-0.39, 0.29) is 29.9 Å². The highest BCUT2D eigenvalue weighted by atomic mass is 19.1.